The number of unbranched alkanes of at least 4 members (excludes halogenated alkanes) is 9. The molecule has 1 heterocycles. The van der Waals surface area contributed by atoms with Crippen LogP contribution in [0.15, 0.2) is 0 Å². The number of aliphatic hydroxyl groups excluding tert-OH is 2. The lowest BCUT2D eigenvalue weighted by molar-refractivity contribution is -0.261. The van der Waals surface area contributed by atoms with Crippen LogP contribution in [-0.2, 0) is 14.4 Å². The summed E-state index contributed by atoms with van der Waals surface area (Å²) in [7, 11) is 0. The van der Waals surface area contributed by atoms with Gasteiger partial charge in [0, 0.05) is 12.8 Å². The number of carbonyl (C=O) groups excluding carboxylic acids is 1. The van der Waals surface area contributed by atoms with Gasteiger partial charge in [-0.15, -0.1) is 0 Å². The Labute approximate surface area is 149 Å². The molecule has 1 aliphatic rings. The Morgan fingerprint density at radius 2 is 1.16 bits per heavy atom. The first-order valence-corrected chi connectivity index (χ1v) is 9.57. The van der Waals surface area contributed by atoms with Gasteiger partial charge in [-0.3, -0.25) is 9.59 Å². The summed E-state index contributed by atoms with van der Waals surface area (Å²) >= 11 is 0. The summed E-state index contributed by atoms with van der Waals surface area (Å²) in [6.45, 7) is 0. The van der Waals surface area contributed by atoms with Crippen LogP contribution >= 0.6 is 0 Å². The number of aliphatic carboxylic acids is 1. The van der Waals surface area contributed by atoms with Crippen LogP contribution in [-0.4, -0.2) is 44.8 Å². The highest BCUT2D eigenvalue weighted by atomic mass is 16.7. The first-order chi connectivity index (χ1) is 12.0. The molecule has 1 saturated heterocycles. The molecule has 7 heteroatoms. The molecule has 2 unspecified atom stereocenters. The number of aliphatic hydroxyl groups is 2. The molecule has 0 aliphatic carbocycles. The number of hydroxylamine groups is 2. The second-order valence-electron chi connectivity index (χ2n) is 6.79. The van der Waals surface area contributed by atoms with Gasteiger partial charge >= 0.3 is 11.9 Å². The minimum absolute atomic E-state index is 0.276. The van der Waals surface area contributed by atoms with Gasteiger partial charge in [0.15, 0.2) is 0 Å². The molecule has 0 bridgehead atoms. The second kappa shape index (κ2) is 13.1. The number of carbonyl (C=O) groups is 2. The molecule has 1 fully saturated rings. The van der Waals surface area contributed by atoms with E-state index in [1.54, 1.807) is 0 Å². The Morgan fingerprint density at radius 1 is 0.760 bits per heavy atom. The molecule has 1 rings (SSSR count). The normalized spacial score (nSPS) is 20.7. The Hall–Kier alpha value is -1.18. The van der Waals surface area contributed by atoms with E-state index >= 15 is 0 Å². The highest BCUT2D eigenvalue weighted by Gasteiger charge is 2.33. The van der Waals surface area contributed by atoms with E-state index in [0.29, 0.717) is 19.3 Å². The lowest BCUT2D eigenvalue weighted by Gasteiger charge is -2.21. The van der Waals surface area contributed by atoms with E-state index in [4.69, 9.17) is 9.94 Å². The third-order valence-electron chi connectivity index (χ3n) is 4.50. The van der Waals surface area contributed by atoms with Crippen molar-refractivity contribution in [1.82, 2.24) is 5.06 Å². The van der Waals surface area contributed by atoms with E-state index in [0.717, 1.165) is 56.4 Å². The van der Waals surface area contributed by atoms with Gasteiger partial charge in [-0.2, -0.15) is 0 Å². The zero-order valence-corrected chi connectivity index (χ0v) is 15.1. The molecule has 0 saturated carbocycles. The maximum absolute atomic E-state index is 11.7. The molecule has 25 heavy (non-hydrogen) atoms. The summed E-state index contributed by atoms with van der Waals surface area (Å²) in [5.41, 5.74) is 0. The highest BCUT2D eigenvalue weighted by Crippen LogP contribution is 2.21. The monoisotopic (exact) mass is 359 g/mol. The van der Waals surface area contributed by atoms with Gasteiger partial charge < -0.3 is 20.2 Å². The molecule has 0 radical (unpaired) electrons. The molecule has 0 spiro atoms. The van der Waals surface area contributed by atoms with Crippen LogP contribution < -0.4 is 0 Å². The Kier molecular flexibility index (Phi) is 11.4. The zero-order chi connectivity index (χ0) is 18.5. The molecule has 7 nitrogen and oxygen atoms in total. The maximum Gasteiger partial charge on any atom is 0.325 e. The molecule has 0 aromatic rings. The molecular weight excluding hydrogens is 326 g/mol. The third-order valence-corrected chi connectivity index (χ3v) is 4.50. The van der Waals surface area contributed by atoms with Crippen LogP contribution in [0.5, 0.6) is 0 Å². The summed E-state index contributed by atoms with van der Waals surface area (Å²) in [6.07, 6.45) is 9.95. The predicted octanol–water partition coefficient (Wildman–Crippen LogP) is 2.94. The lowest BCUT2D eigenvalue weighted by atomic mass is 10.1. The largest absolute Gasteiger partial charge is 0.481 e. The minimum Gasteiger partial charge on any atom is -0.481 e. The van der Waals surface area contributed by atoms with Crippen LogP contribution in [0.2, 0.25) is 0 Å². The van der Waals surface area contributed by atoms with Crippen LogP contribution in [0.1, 0.15) is 89.9 Å². The number of carboxylic acid groups (broad SMARTS) is 1. The molecule has 3 N–H and O–H groups in total. The summed E-state index contributed by atoms with van der Waals surface area (Å²) in [4.78, 5) is 27.0. The van der Waals surface area contributed by atoms with Crippen molar-refractivity contribution in [3.05, 3.63) is 0 Å². The smallest absolute Gasteiger partial charge is 0.325 e. The van der Waals surface area contributed by atoms with Crippen LogP contribution in [0.4, 0.5) is 0 Å². The molecular formula is C18H33NO6. The van der Waals surface area contributed by atoms with Gasteiger partial charge in [-0.05, 0) is 25.7 Å². The van der Waals surface area contributed by atoms with E-state index < -0.39 is 24.4 Å². The summed E-state index contributed by atoms with van der Waals surface area (Å²) in [6, 6.07) is 0. The van der Waals surface area contributed by atoms with E-state index in [2.05, 4.69) is 0 Å². The van der Waals surface area contributed by atoms with E-state index in [1.165, 1.54) is 12.8 Å². The van der Waals surface area contributed by atoms with Gasteiger partial charge in [0.05, 0.1) is 0 Å². The van der Waals surface area contributed by atoms with Gasteiger partial charge in [-0.25, -0.2) is 0 Å². The summed E-state index contributed by atoms with van der Waals surface area (Å²) in [5.74, 6) is -1.11. The van der Waals surface area contributed by atoms with Crippen molar-refractivity contribution >= 4 is 11.9 Å². The minimum atomic E-state index is -0.900. The molecule has 0 amide bonds. The summed E-state index contributed by atoms with van der Waals surface area (Å²) in [5, 5.41) is 28.6. The fourth-order valence-corrected chi connectivity index (χ4v) is 3.00. The standard InChI is InChI=1S/C18H33NO6/c20-15-13-14-16(21)19(15)25-18(24)12-10-8-6-4-2-1-3-5-7-9-11-17(22)23/h15-16,20-21H,1-14H2,(H,22,23). The molecule has 146 valence electrons. The van der Waals surface area contributed by atoms with Crippen LogP contribution in [0.3, 0.4) is 0 Å². The average molecular weight is 359 g/mol. The molecule has 0 aromatic heterocycles. The zero-order valence-electron chi connectivity index (χ0n) is 15.1. The van der Waals surface area contributed by atoms with Crippen molar-refractivity contribution in [2.75, 3.05) is 0 Å². The van der Waals surface area contributed by atoms with Crippen molar-refractivity contribution < 1.29 is 29.7 Å². The Balaban J connectivity index is 1.85. The maximum atomic E-state index is 11.7. The quantitative estimate of drug-likeness (QED) is 0.409. The topological polar surface area (TPSA) is 107 Å². The fraction of sp³-hybridized carbons (Fsp3) is 0.889. The van der Waals surface area contributed by atoms with Gasteiger partial charge in [-0.1, -0.05) is 56.4 Å². The van der Waals surface area contributed by atoms with Crippen molar-refractivity contribution in [3.8, 4) is 0 Å². The lowest BCUT2D eigenvalue weighted by Crippen LogP contribution is -2.37. The highest BCUT2D eigenvalue weighted by molar-refractivity contribution is 5.69. The SMILES string of the molecule is O=C(O)CCCCCCCCCCCCC(=O)ON1C(O)CCC1O. The van der Waals surface area contributed by atoms with Gasteiger partial charge in [0.2, 0.25) is 0 Å². The van der Waals surface area contributed by atoms with Crippen molar-refractivity contribution in [2.45, 2.75) is 102 Å². The second-order valence-corrected chi connectivity index (χ2v) is 6.79. The van der Waals surface area contributed by atoms with Crippen LogP contribution in [0, 0.1) is 0 Å². The summed E-state index contributed by atoms with van der Waals surface area (Å²) < 4.78 is 0. The molecule has 0 aromatic carbocycles. The number of rotatable bonds is 14. The van der Waals surface area contributed by atoms with Crippen molar-refractivity contribution in [1.29, 1.82) is 0 Å². The molecule has 2 atom stereocenters. The van der Waals surface area contributed by atoms with Gasteiger partial charge in [0.1, 0.15) is 12.5 Å². The fourth-order valence-electron chi connectivity index (χ4n) is 3.00. The van der Waals surface area contributed by atoms with Crippen molar-refractivity contribution in [2.24, 2.45) is 0 Å². The number of hydrogen-bond acceptors (Lipinski definition) is 6. The molecule has 1 aliphatic heterocycles. The Morgan fingerprint density at radius 3 is 1.60 bits per heavy atom. The van der Waals surface area contributed by atoms with E-state index in [1.807, 2.05) is 0 Å². The van der Waals surface area contributed by atoms with Crippen molar-refractivity contribution in [3.63, 3.8) is 0 Å². The number of hydrogen-bond donors (Lipinski definition) is 3. The predicted molar refractivity (Wildman–Crippen MR) is 92.2 cm³/mol. The van der Waals surface area contributed by atoms with E-state index in [-0.39, 0.29) is 6.42 Å². The first kappa shape index (κ1) is 21.9. The van der Waals surface area contributed by atoms with E-state index in [9.17, 15) is 19.8 Å². The number of carboxylic acids is 1. The van der Waals surface area contributed by atoms with Crippen LogP contribution in [0.25, 0.3) is 0 Å². The first-order valence-electron chi connectivity index (χ1n) is 9.57. The number of nitrogens with zero attached hydrogens (tertiary/aromatic N) is 1. The Bertz CT molecular complexity index is 380. The third kappa shape index (κ3) is 10.4. The van der Waals surface area contributed by atoms with Gasteiger partial charge in [0.25, 0.3) is 0 Å². The average Bonchev–Trinajstić information content (AvgIpc) is 2.87.